The van der Waals surface area contributed by atoms with Crippen molar-refractivity contribution >= 4 is 23.4 Å². The van der Waals surface area contributed by atoms with Gasteiger partial charge in [-0.05, 0) is 24.5 Å². The van der Waals surface area contributed by atoms with E-state index in [9.17, 15) is 4.79 Å². The summed E-state index contributed by atoms with van der Waals surface area (Å²) in [6.45, 7) is 6.14. The molecule has 0 spiro atoms. The first-order chi connectivity index (χ1) is 9.99. The van der Waals surface area contributed by atoms with Gasteiger partial charge in [0, 0.05) is 25.1 Å². The van der Waals surface area contributed by atoms with Gasteiger partial charge in [-0.3, -0.25) is 4.79 Å². The highest BCUT2D eigenvalue weighted by atomic mass is 32.2. The van der Waals surface area contributed by atoms with Gasteiger partial charge in [-0.25, -0.2) is 4.98 Å². The van der Waals surface area contributed by atoms with E-state index in [1.807, 2.05) is 42.9 Å². The average molecular weight is 303 g/mol. The fourth-order valence-corrected chi connectivity index (χ4v) is 2.86. The predicted molar refractivity (Wildman–Crippen MR) is 87.7 cm³/mol. The number of amides is 1. The van der Waals surface area contributed by atoms with Gasteiger partial charge in [0.1, 0.15) is 0 Å². The fourth-order valence-electron chi connectivity index (χ4n) is 2.03. The first kappa shape index (κ1) is 15.6. The number of carbonyl (C=O) groups excluding carboxylic acids is 1. The Morgan fingerprint density at radius 1 is 1.29 bits per heavy atom. The van der Waals surface area contributed by atoms with Gasteiger partial charge in [0.15, 0.2) is 5.16 Å². The van der Waals surface area contributed by atoms with E-state index in [2.05, 4.69) is 30.2 Å². The van der Waals surface area contributed by atoms with Crippen molar-refractivity contribution in [3.05, 3.63) is 42.2 Å². The smallest absolute Gasteiger partial charge is 0.237 e. The normalized spacial score (nSPS) is 12.4. The molecule has 1 unspecified atom stereocenters. The lowest BCUT2D eigenvalue weighted by Gasteiger charge is -2.16. The van der Waals surface area contributed by atoms with Crippen molar-refractivity contribution < 1.29 is 4.79 Å². The third-order valence-corrected chi connectivity index (χ3v) is 4.44. The van der Waals surface area contributed by atoms with Crippen LogP contribution in [-0.2, 0) is 11.8 Å². The molecule has 0 radical (unpaired) electrons. The van der Waals surface area contributed by atoms with Gasteiger partial charge in [-0.15, -0.1) is 0 Å². The van der Waals surface area contributed by atoms with E-state index in [4.69, 9.17) is 0 Å². The van der Waals surface area contributed by atoms with E-state index in [0.29, 0.717) is 5.92 Å². The fraction of sp³-hybridized carbons (Fsp3) is 0.375. The Bertz CT molecular complexity index is 621. The van der Waals surface area contributed by atoms with Crippen LogP contribution in [0.4, 0.5) is 5.69 Å². The van der Waals surface area contributed by atoms with Crippen LogP contribution in [0.1, 0.15) is 32.3 Å². The average Bonchev–Trinajstić information content (AvgIpc) is 2.84. The number of aromatic nitrogens is 2. The molecule has 21 heavy (non-hydrogen) atoms. The first-order valence-corrected chi connectivity index (χ1v) is 7.90. The van der Waals surface area contributed by atoms with Crippen molar-refractivity contribution in [3.63, 3.8) is 0 Å². The van der Waals surface area contributed by atoms with Gasteiger partial charge in [0.25, 0.3) is 0 Å². The summed E-state index contributed by atoms with van der Waals surface area (Å²) in [5.74, 6) is 0.370. The zero-order valence-electron chi connectivity index (χ0n) is 12.8. The minimum atomic E-state index is -0.202. The van der Waals surface area contributed by atoms with Gasteiger partial charge < -0.3 is 9.88 Å². The number of anilines is 1. The summed E-state index contributed by atoms with van der Waals surface area (Å²) >= 11 is 1.46. The molecule has 2 aromatic rings. The lowest BCUT2D eigenvalue weighted by atomic mass is 10.0. The monoisotopic (exact) mass is 303 g/mol. The largest absolute Gasteiger partial charge is 0.329 e. The lowest BCUT2D eigenvalue weighted by Crippen LogP contribution is -2.23. The van der Waals surface area contributed by atoms with Crippen molar-refractivity contribution in [1.29, 1.82) is 0 Å². The zero-order chi connectivity index (χ0) is 15.4. The van der Waals surface area contributed by atoms with Crippen LogP contribution in [0.15, 0.2) is 41.8 Å². The number of rotatable bonds is 5. The summed E-state index contributed by atoms with van der Waals surface area (Å²) in [6.07, 6.45) is 3.61. The second kappa shape index (κ2) is 6.80. The summed E-state index contributed by atoms with van der Waals surface area (Å²) < 4.78 is 1.91. The van der Waals surface area contributed by atoms with Crippen molar-refractivity contribution in [3.8, 4) is 0 Å². The van der Waals surface area contributed by atoms with E-state index in [0.717, 1.165) is 16.4 Å². The molecule has 0 saturated heterocycles. The highest BCUT2D eigenvalue weighted by Gasteiger charge is 2.18. The molecule has 112 valence electrons. The number of benzene rings is 1. The van der Waals surface area contributed by atoms with Crippen molar-refractivity contribution in [1.82, 2.24) is 9.55 Å². The standard InChI is InChI=1S/C16H21N3OS/c1-11(2)13-7-5-6-8-14(13)18-15(20)12(3)21-16-17-9-10-19(16)4/h5-12H,1-4H3,(H,18,20). The number of nitrogens with zero attached hydrogens (tertiary/aromatic N) is 2. The van der Waals surface area contributed by atoms with Gasteiger partial charge in [0.2, 0.25) is 5.91 Å². The Morgan fingerprint density at radius 3 is 2.62 bits per heavy atom. The molecule has 0 aliphatic carbocycles. The van der Waals surface area contributed by atoms with E-state index >= 15 is 0 Å². The molecular weight excluding hydrogens is 282 g/mol. The maximum Gasteiger partial charge on any atom is 0.237 e. The maximum atomic E-state index is 12.4. The SMILES string of the molecule is CC(Sc1nccn1C)C(=O)Nc1ccccc1C(C)C. The molecule has 1 amide bonds. The number of nitrogens with one attached hydrogen (secondary N) is 1. The molecule has 2 rings (SSSR count). The third-order valence-electron chi connectivity index (χ3n) is 3.27. The molecule has 1 N–H and O–H groups in total. The predicted octanol–water partition coefficient (Wildman–Crippen LogP) is 3.66. The second-order valence-electron chi connectivity index (χ2n) is 5.31. The first-order valence-electron chi connectivity index (χ1n) is 7.02. The maximum absolute atomic E-state index is 12.4. The van der Waals surface area contributed by atoms with E-state index in [-0.39, 0.29) is 11.2 Å². The Kier molecular flexibility index (Phi) is 5.07. The van der Waals surface area contributed by atoms with Crippen LogP contribution in [0.3, 0.4) is 0 Å². The molecule has 0 saturated carbocycles. The number of carbonyl (C=O) groups is 1. The molecule has 0 fully saturated rings. The molecule has 5 heteroatoms. The van der Waals surface area contributed by atoms with E-state index < -0.39 is 0 Å². The van der Waals surface area contributed by atoms with E-state index in [1.165, 1.54) is 11.8 Å². The summed E-state index contributed by atoms with van der Waals surface area (Å²) in [7, 11) is 1.92. The molecule has 1 aromatic carbocycles. The molecule has 1 heterocycles. The van der Waals surface area contributed by atoms with Crippen LogP contribution < -0.4 is 5.32 Å². The number of aryl methyl sites for hydroxylation is 1. The third kappa shape index (κ3) is 3.88. The van der Waals surface area contributed by atoms with Crippen molar-refractivity contribution in [2.75, 3.05) is 5.32 Å². The number of thioether (sulfide) groups is 1. The Balaban J connectivity index is 2.06. The highest BCUT2D eigenvalue weighted by molar-refractivity contribution is 8.00. The van der Waals surface area contributed by atoms with Crippen LogP contribution in [0.2, 0.25) is 0 Å². The van der Waals surface area contributed by atoms with E-state index in [1.54, 1.807) is 6.20 Å². The molecule has 4 nitrogen and oxygen atoms in total. The van der Waals surface area contributed by atoms with Crippen LogP contribution in [0.5, 0.6) is 0 Å². The highest BCUT2D eigenvalue weighted by Crippen LogP contribution is 2.26. The van der Waals surface area contributed by atoms with Gasteiger partial charge in [-0.2, -0.15) is 0 Å². The van der Waals surface area contributed by atoms with Crippen LogP contribution >= 0.6 is 11.8 Å². The summed E-state index contributed by atoms with van der Waals surface area (Å²) in [5.41, 5.74) is 2.05. The second-order valence-corrected chi connectivity index (χ2v) is 6.62. The van der Waals surface area contributed by atoms with Gasteiger partial charge in [-0.1, -0.05) is 43.8 Å². The topological polar surface area (TPSA) is 46.9 Å². The van der Waals surface area contributed by atoms with Crippen molar-refractivity contribution in [2.24, 2.45) is 7.05 Å². The van der Waals surface area contributed by atoms with Gasteiger partial charge in [0.05, 0.1) is 5.25 Å². The number of para-hydroxylation sites is 1. The molecular formula is C16H21N3OS. The quantitative estimate of drug-likeness (QED) is 0.857. The minimum Gasteiger partial charge on any atom is -0.329 e. The number of hydrogen-bond donors (Lipinski definition) is 1. The molecule has 1 aromatic heterocycles. The Morgan fingerprint density at radius 2 is 2.00 bits per heavy atom. The summed E-state index contributed by atoms with van der Waals surface area (Å²) in [4.78, 5) is 16.6. The summed E-state index contributed by atoms with van der Waals surface area (Å²) in [6, 6.07) is 7.94. The lowest BCUT2D eigenvalue weighted by molar-refractivity contribution is -0.115. The molecule has 0 bridgehead atoms. The molecule has 0 aliphatic rings. The Labute approximate surface area is 130 Å². The van der Waals surface area contributed by atoms with Crippen LogP contribution in [0, 0.1) is 0 Å². The van der Waals surface area contributed by atoms with Crippen molar-refractivity contribution in [2.45, 2.75) is 37.1 Å². The van der Waals surface area contributed by atoms with Crippen LogP contribution in [-0.4, -0.2) is 20.7 Å². The minimum absolute atomic E-state index is 0.00361. The molecule has 0 aliphatic heterocycles. The zero-order valence-corrected chi connectivity index (χ0v) is 13.6. The number of imidazole rings is 1. The Hall–Kier alpha value is -1.75. The van der Waals surface area contributed by atoms with Gasteiger partial charge >= 0.3 is 0 Å². The van der Waals surface area contributed by atoms with Crippen LogP contribution in [0.25, 0.3) is 0 Å². The summed E-state index contributed by atoms with van der Waals surface area (Å²) in [5, 5.41) is 3.67. The molecule has 1 atom stereocenters. The number of hydrogen-bond acceptors (Lipinski definition) is 3.